The lowest BCUT2D eigenvalue weighted by molar-refractivity contribution is -0.141. The molecule has 6 rings (SSSR count). The summed E-state index contributed by atoms with van der Waals surface area (Å²) in [5.74, 6) is 1.22. The zero-order valence-electron chi connectivity index (χ0n) is 21.7. The summed E-state index contributed by atoms with van der Waals surface area (Å²) in [4.78, 5) is 15.3. The van der Waals surface area contributed by atoms with Crippen molar-refractivity contribution in [3.63, 3.8) is 0 Å². The zero-order chi connectivity index (χ0) is 26.5. The number of aromatic nitrogens is 1. The molecule has 3 aliphatic heterocycles. The summed E-state index contributed by atoms with van der Waals surface area (Å²) < 4.78 is 31.6. The van der Waals surface area contributed by atoms with E-state index in [0.717, 1.165) is 17.1 Å². The molecule has 9 heteroatoms. The molecule has 0 aliphatic carbocycles. The van der Waals surface area contributed by atoms with Crippen molar-refractivity contribution in [1.29, 1.82) is 0 Å². The first-order chi connectivity index (χ1) is 18.3. The minimum Gasteiger partial charge on any atom is -0.493 e. The molecule has 3 aliphatic rings. The van der Waals surface area contributed by atoms with Gasteiger partial charge in [-0.2, -0.15) is 0 Å². The highest BCUT2D eigenvalue weighted by atomic mass is 35.5. The zero-order valence-corrected chi connectivity index (χ0v) is 22.5. The molecule has 1 atom stereocenters. The number of nitrogens with zero attached hydrogens (tertiary/aromatic N) is 2. The van der Waals surface area contributed by atoms with Crippen molar-refractivity contribution in [2.24, 2.45) is 0 Å². The predicted molar refractivity (Wildman–Crippen MR) is 142 cm³/mol. The Bertz CT molecular complexity index is 1360. The summed E-state index contributed by atoms with van der Waals surface area (Å²) in [6.07, 6.45) is 3.24. The van der Waals surface area contributed by atoms with Crippen LogP contribution in [-0.2, 0) is 15.1 Å². The number of carbonyl (C=O) groups is 1. The van der Waals surface area contributed by atoms with E-state index in [9.17, 15) is 4.79 Å². The van der Waals surface area contributed by atoms with Crippen molar-refractivity contribution in [3.8, 4) is 22.9 Å². The molecule has 1 aromatic heterocycles. The number of benzene rings is 2. The van der Waals surface area contributed by atoms with Gasteiger partial charge in [-0.1, -0.05) is 11.6 Å². The average molecular weight is 539 g/mol. The maximum atomic E-state index is 13.5. The van der Waals surface area contributed by atoms with Crippen molar-refractivity contribution >= 4 is 17.5 Å². The number of ether oxygens (including phenoxy) is 5. The number of amides is 1. The maximum absolute atomic E-state index is 13.5. The van der Waals surface area contributed by atoms with Crippen LogP contribution in [0.2, 0.25) is 5.02 Å². The van der Waals surface area contributed by atoms with Crippen molar-refractivity contribution in [2.75, 3.05) is 33.4 Å². The molecule has 0 saturated carbocycles. The largest absolute Gasteiger partial charge is 0.493 e. The summed E-state index contributed by atoms with van der Waals surface area (Å²) in [6, 6.07) is 15.1. The van der Waals surface area contributed by atoms with Gasteiger partial charge in [-0.25, -0.2) is 0 Å². The highest BCUT2D eigenvalue weighted by Crippen LogP contribution is 2.46. The molecular formula is C29H31ClN2O6. The number of methoxy groups -OCH3 is 1. The van der Waals surface area contributed by atoms with Gasteiger partial charge in [0.2, 0.25) is 0 Å². The van der Waals surface area contributed by atoms with Crippen LogP contribution < -0.4 is 14.2 Å². The second kappa shape index (κ2) is 9.52. The number of fused-ring (bicyclic) bond motifs is 4. The van der Waals surface area contributed by atoms with Crippen molar-refractivity contribution in [1.82, 2.24) is 9.47 Å². The summed E-state index contributed by atoms with van der Waals surface area (Å²) in [7, 11) is 1.57. The number of hydrogen-bond acceptors (Lipinski definition) is 6. The van der Waals surface area contributed by atoms with E-state index in [1.807, 2.05) is 49.2 Å². The first-order valence-electron chi connectivity index (χ1n) is 12.9. The minimum atomic E-state index is -0.607. The number of piperidine rings is 1. The SMILES string of the molecule is COc1cc(C(=O)N2CCC3(CC2)Oc2ccc(Cl)cc2-n2cccc23)ccc1OCC1COC(C)(C)O1. The molecular weight excluding hydrogens is 508 g/mol. The Labute approximate surface area is 226 Å². The van der Waals surface area contributed by atoms with Crippen molar-refractivity contribution in [3.05, 3.63) is 71.0 Å². The molecule has 2 saturated heterocycles. The Morgan fingerprint density at radius 1 is 1.11 bits per heavy atom. The van der Waals surface area contributed by atoms with Crippen LogP contribution in [0.25, 0.3) is 5.69 Å². The van der Waals surface area contributed by atoms with Crippen LogP contribution in [0.5, 0.6) is 17.2 Å². The molecule has 2 aromatic carbocycles. The summed E-state index contributed by atoms with van der Waals surface area (Å²) >= 11 is 6.25. The quantitative estimate of drug-likeness (QED) is 0.445. The lowest BCUT2D eigenvalue weighted by Gasteiger charge is -2.45. The Morgan fingerprint density at radius 3 is 2.66 bits per heavy atom. The minimum absolute atomic E-state index is 0.0441. The third-order valence-corrected chi connectivity index (χ3v) is 7.70. The van der Waals surface area contributed by atoms with Crippen LogP contribution in [0.3, 0.4) is 0 Å². The highest BCUT2D eigenvalue weighted by Gasteiger charge is 2.44. The third kappa shape index (κ3) is 4.51. The van der Waals surface area contributed by atoms with Gasteiger partial charge >= 0.3 is 0 Å². The molecule has 2 fully saturated rings. The van der Waals surface area contributed by atoms with Crippen molar-refractivity contribution < 1.29 is 28.5 Å². The van der Waals surface area contributed by atoms with Crippen molar-refractivity contribution in [2.45, 2.75) is 44.2 Å². The molecule has 0 N–H and O–H groups in total. The Kier molecular flexibility index (Phi) is 6.29. The number of rotatable bonds is 5. The molecule has 1 amide bonds. The van der Waals surface area contributed by atoms with E-state index >= 15 is 0 Å². The molecule has 1 unspecified atom stereocenters. The van der Waals surface area contributed by atoms with E-state index in [4.69, 9.17) is 35.3 Å². The number of halogens is 1. The van der Waals surface area contributed by atoms with Gasteiger partial charge in [-0.15, -0.1) is 0 Å². The summed E-state index contributed by atoms with van der Waals surface area (Å²) in [6.45, 7) is 5.70. The van der Waals surface area contributed by atoms with Gasteiger partial charge in [-0.3, -0.25) is 4.79 Å². The first-order valence-corrected chi connectivity index (χ1v) is 13.2. The van der Waals surface area contributed by atoms with E-state index in [-0.39, 0.29) is 12.0 Å². The van der Waals surface area contributed by atoms with E-state index < -0.39 is 11.4 Å². The summed E-state index contributed by atoms with van der Waals surface area (Å²) in [5.41, 5.74) is 2.09. The van der Waals surface area contributed by atoms with Crippen LogP contribution in [0.4, 0.5) is 0 Å². The summed E-state index contributed by atoms with van der Waals surface area (Å²) in [5, 5.41) is 0.667. The normalized spacial score (nSPS) is 20.9. The molecule has 38 heavy (non-hydrogen) atoms. The van der Waals surface area contributed by atoms with Crippen LogP contribution >= 0.6 is 11.6 Å². The monoisotopic (exact) mass is 538 g/mol. The smallest absolute Gasteiger partial charge is 0.253 e. The Balaban J connectivity index is 1.14. The lowest BCUT2D eigenvalue weighted by Crippen LogP contribution is -2.50. The maximum Gasteiger partial charge on any atom is 0.253 e. The molecule has 8 nitrogen and oxygen atoms in total. The first kappa shape index (κ1) is 25.1. The second-order valence-corrected chi connectivity index (χ2v) is 10.8. The Hall–Kier alpha value is -3.20. The molecule has 4 heterocycles. The van der Waals surface area contributed by atoms with E-state index in [0.29, 0.717) is 61.2 Å². The fourth-order valence-electron chi connectivity index (χ4n) is 5.55. The second-order valence-electron chi connectivity index (χ2n) is 10.4. The Morgan fingerprint density at radius 2 is 1.92 bits per heavy atom. The van der Waals surface area contributed by atoms with E-state index in [2.05, 4.69) is 10.6 Å². The lowest BCUT2D eigenvalue weighted by atomic mass is 9.86. The van der Waals surface area contributed by atoms with Gasteiger partial charge in [0.1, 0.15) is 18.5 Å². The standard InChI is InChI=1S/C29H31ClN2O6/c1-28(2)36-18-21(37-28)17-35-24-8-6-19(15-25(24)34-3)27(33)31-13-10-29(11-14-31)26-5-4-12-32(26)22-16-20(30)7-9-23(22)38-29/h4-9,12,15-16,21H,10-11,13-14,17-18H2,1-3H3. The van der Waals surface area contributed by atoms with Gasteiger partial charge in [-0.05, 0) is 62.4 Å². The van der Waals surface area contributed by atoms with Crippen LogP contribution in [0, 0.1) is 0 Å². The van der Waals surface area contributed by atoms with E-state index in [1.54, 1.807) is 25.3 Å². The van der Waals surface area contributed by atoms with Gasteiger partial charge in [0, 0.05) is 42.7 Å². The predicted octanol–water partition coefficient (Wildman–Crippen LogP) is 5.19. The van der Waals surface area contributed by atoms with Gasteiger partial charge in [0.15, 0.2) is 22.9 Å². The molecule has 0 bridgehead atoms. The third-order valence-electron chi connectivity index (χ3n) is 7.46. The molecule has 200 valence electrons. The van der Waals surface area contributed by atoms with Gasteiger partial charge in [0.05, 0.1) is 25.1 Å². The fraction of sp³-hybridized carbons (Fsp3) is 0.414. The topological polar surface area (TPSA) is 71.4 Å². The number of hydrogen-bond donors (Lipinski definition) is 0. The van der Waals surface area contributed by atoms with Crippen LogP contribution in [-0.4, -0.2) is 60.7 Å². The van der Waals surface area contributed by atoms with Crippen LogP contribution in [0.15, 0.2) is 54.7 Å². The van der Waals surface area contributed by atoms with Gasteiger partial charge < -0.3 is 33.2 Å². The van der Waals surface area contributed by atoms with Gasteiger partial charge in [0.25, 0.3) is 5.91 Å². The van der Waals surface area contributed by atoms with Crippen LogP contribution in [0.1, 0.15) is 42.7 Å². The number of likely N-dealkylation sites (tertiary alicyclic amines) is 1. The fourth-order valence-corrected chi connectivity index (χ4v) is 5.72. The molecule has 1 spiro atoms. The molecule has 0 radical (unpaired) electrons. The van der Waals surface area contributed by atoms with E-state index in [1.165, 1.54) is 0 Å². The average Bonchev–Trinajstić information content (AvgIpc) is 3.55. The number of carbonyl (C=O) groups excluding carboxylic acids is 1. The highest BCUT2D eigenvalue weighted by molar-refractivity contribution is 6.30. The molecule has 3 aromatic rings.